The first-order valence-corrected chi connectivity index (χ1v) is 16.7. The van der Waals surface area contributed by atoms with Crippen LogP contribution in [0.5, 0.6) is 0 Å². The van der Waals surface area contributed by atoms with E-state index in [4.69, 9.17) is 20.7 Å². The molecule has 0 unspecified atom stereocenters. The summed E-state index contributed by atoms with van der Waals surface area (Å²) >= 11 is -5.59. The first-order chi connectivity index (χ1) is 19.5. The molecule has 41 heavy (non-hydrogen) atoms. The van der Waals surface area contributed by atoms with Gasteiger partial charge in [-0.3, -0.25) is 0 Å². The molecule has 0 N–H and O–H groups in total. The fraction of sp³-hybridized carbons (Fsp3) is 0.538. The molecule has 0 fully saturated rings. The number of hydrogen-bond donors (Lipinski definition) is 0. The van der Waals surface area contributed by atoms with E-state index in [-0.39, 0.29) is 26.4 Å². The third-order valence-corrected chi connectivity index (χ3v) is 10.9. The Balaban J connectivity index is 2.46. The van der Waals surface area contributed by atoms with Crippen LogP contribution in [-0.2, 0) is 68.8 Å². The Morgan fingerprint density at radius 2 is 0.732 bits per heavy atom. The minimum atomic E-state index is -5.59. The maximum absolute atomic E-state index is 14.8. The molecule has 0 saturated heterocycles. The fourth-order valence-corrected chi connectivity index (χ4v) is 8.61. The van der Waals surface area contributed by atoms with Crippen molar-refractivity contribution in [2.24, 2.45) is 0 Å². The first kappa shape index (κ1) is 35.7. The second kappa shape index (κ2) is 17.0. The van der Waals surface area contributed by atoms with E-state index in [9.17, 15) is 35.1 Å². The average Bonchev–Trinajstić information content (AvgIpc) is 2.96. The van der Waals surface area contributed by atoms with Gasteiger partial charge in [0.05, 0.1) is 0 Å². The SMILES string of the molecule is CCC[O][Zr]([O]CCC)([O]Cc1c(F)c(F)c(CCOC)c(F)c1F)[O]Cc1c(F)c(F)c(CCOC)c(F)c1F. The van der Waals surface area contributed by atoms with Crippen LogP contribution in [0.3, 0.4) is 0 Å². The van der Waals surface area contributed by atoms with E-state index >= 15 is 0 Å². The summed E-state index contributed by atoms with van der Waals surface area (Å²) in [5.74, 6) is -13.6. The summed E-state index contributed by atoms with van der Waals surface area (Å²) in [5.41, 5.74) is -4.04. The summed E-state index contributed by atoms with van der Waals surface area (Å²) in [6.07, 6.45) is -0.241. The molecule has 2 aromatic carbocycles. The number of methoxy groups -OCH3 is 2. The molecule has 0 aliphatic heterocycles. The zero-order valence-electron chi connectivity index (χ0n) is 23.0. The topological polar surface area (TPSA) is 55.4 Å². The molecule has 0 amide bonds. The monoisotopic (exact) mass is 682 g/mol. The fourth-order valence-electron chi connectivity index (χ4n) is 3.57. The van der Waals surface area contributed by atoms with Crippen LogP contribution in [0.4, 0.5) is 35.1 Å². The van der Waals surface area contributed by atoms with Crippen LogP contribution in [-0.4, -0.2) is 40.6 Å². The second-order valence-electron chi connectivity index (χ2n) is 8.69. The summed E-state index contributed by atoms with van der Waals surface area (Å²) in [4.78, 5) is 0. The zero-order valence-corrected chi connectivity index (χ0v) is 25.5. The number of rotatable bonds is 18. The van der Waals surface area contributed by atoms with Crippen LogP contribution in [0.2, 0.25) is 0 Å². The van der Waals surface area contributed by atoms with Gasteiger partial charge < -0.3 is 0 Å². The van der Waals surface area contributed by atoms with Gasteiger partial charge in [-0.2, -0.15) is 0 Å². The Morgan fingerprint density at radius 3 is 1.00 bits per heavy atom. The van der Waals surface area contributed by atoms with Crippen molar-refractivity contribution in [3.63, 3.8) is 0 Å². The van der Waals surface area contributed by atoms with Gasteiger partial charge in [0.15, 0.2) is 0 Å². The molecular weight excluding hydrogens is 651 g/mol. The van der Waals surface area contributed by atoms with E-state index in [1.807, 2.05) is 0 Å². The molecule has 0 aliphatic rings. The Kier molecular flexibility index (Phi) is 14.8. The molecule has 0 saturated carbocycles. The molecule has 0 radical (unpaired) electrons. The zero-order chi connectivity index (χ0) is 30.7. The molecule has 0 spiro atoms. The minimum absolute atomic E-state index is 0.118. The maximum atomic E-state index is 14.8. The third kappa shape index (κ3) is 8.78. The van der Waals surface area contributed by atoms with Crippen LogP contribution >= 0.6 is 0 Å². The Bertz CT molecular complexity index is 1020. The van der Waals surface area contributed by atoms with Gasteiger partial charge in [0, 0.05) is 0 Å². The molecule has 0 heterocycles. The van der Waals surface area contributed by atoms with E-state index < -0.39 is 117 Å². The van der Waals surface area contributed by atoms with Crippen molar-refractivity contribution in [2.45, 2.75) is 52.7 Å². The molecule has 6 nitrogen and oxygen atoms in total. The Morgan fingerprint density at radius 1 is 0.439 bits per heavy atom. The summed E-state index contributed by atoms with van der Waals surface area (Å²) in [7, 11) is 2.47. The van der Waals surface area contributed by atoms with Crippen molar-refractivity contribution in [3.8, 4) is 0 Å². The summed E-state index contributed by atoms with van der Waals surface area (Å²) in [6.45, 7) is 0.373. The molecule has 2 rings (SSSR count). The van der Waals surface area contributed by atoms with Crippen molar-refractivity contribution >= 4 is 0 Å². The first-order valence-electron chi connectivity index (χ1n) is 12.7. The van der Waals surface area contributed by atoms with E-state index in [1.54, 1.807) is 13.8 Å². The quantitative estimate of drug-likeness (QED) is 0.131. The summed E-state index contributed by atoms with van der Waals surface area (Å²) in [5, 5.41) is 0. The molecule has 0 atom stereocenters. The average molecular weight is 684 g/mol. The molecule has 0 aromatic heterocycles. The van der Waals surface area contributed by atoms with Gasteiger partial charge in [0.1, 0.15) is 0 Å². The predicted octanol–water partition coefficient (Wildman–Crippen LogP) is 6.58. The molecular formula is C26H32F8O6Zr. The van der Waals surface area contributed by atoms with Crippen LogP contribution in [0.15, 0.2) is 0 Å². The van der Waals surface area contributed by atoms with Gasteiger partial charge in [-0.25, -0.2) is 0 Å². The van der Waals surface area contributed by atoms with Gasteiger partial charge in [-0.1, -0.05) is 0 Å². The molecule has 232 valence electrons. The van der Waals surface area contributed by atoms with Crippen LogP contribution in [0.1, 0.15) is 48.9 Å². The Labute approximate surface area is 239 Å². The standard InChI is InChI=1S/2C10H9F4O2.2C3H7O.Zr/c2*1-16-3-2-5-7(11)9(13)6(4-15)10(14)8(5)12;2*1-2-3-4;/h2*2-4H2,1H3;2*2-3H2,1H3;/q4*-1;+4. The van der Waals surface area contributed by atoms with Crippen molar-refractivity contribution in [2.75, 3.05) is 40.6 Å². The Hall–Kier alpha value is -1.48. The van der Waals surface area contributed by atoms with Crippen LogP contribution in [0, 0.1) is 46.5 Å². The van der Waals surface area contributed by atoms with E-state index in [2.05, 4.69) is 0 Å². The predicted molar refractivity (Wildman–Crippen MR) is 126 cm³/mol. The van der Waals surface area contributed by atoms with Gasteiger partial charge >= 0.3 is 240 Å². The van der Waals surface area contributed by atoms with Gasteiger partial charge in [-0.05, 0) is 0 Å². The van der Waals surface area contributed by atoms with Gasteiger partial charge in [-0.15, -0.1) is 0 Å². The van der Waals surface area contributed by atoms with E-state index in [0.717, 1.165) is 0 Å². The number of halogens is 8. The van der Waals surface area contributed by atoms with Crippen LogP contribution in [0.25, 0.3) is 0 Å². The molecule has 2 aromatic rings. The van der Waals surface area contributed by atoms with E-state index in [1.165, 1.54) is 14.2 Å². The van der Waals surface area contributed by atoms with Gasteiger partial charge in [0.2, 0.25) is 0 Å². The molecule has 0 bridgehead atoms. The number of ether oxygens (including phenoxy) is 2. The number of hydrogen-bond acceptors (Lipinski definition) is 6. The van der Waals surface area contributed by atoms with Crippen molar-refractivity contribution < 1.29 is 77.9 Å². The summed E-state index contributed by atoms with van der Waals surface area (Å²) in [6, 6.07) is 0. The number of benzene rings is 2. The summed E-state index contributed by atoms with van der Waals surface area (Å²) < 4.78 is 149. The molecule has 15 heteroatoms. The second-order valence-corrected chi connectivity index (χ2v) is 14.0. The normalized spacial score (nSPS) is 12.0. The van der Waals surface area contributed by atoms with E-state index in [0.29, 0.717) is 12.8 Å². The third-order valence-electron chi connectivity index (χ3n) is 5.76. The van der Waals surface area contributed by atoms with Crippen LogP contribution < -0.4 is 0 Å². The van der Waals surface area contributed by atoms with Crippen molar-refractivity contribution in [3.05, 3.63) is 68.8 Å². The molecule has 0 aliphatic carbocycles. The van der Waals surface area contributed by atoms with Gasteiger partial charge in [0.25, 0.3) is 0 Å². The van der Waals surface area contributed by atoms with Crippen molar-refractivity contribution in [1.82, 2.24) is 0 Å². The van der Waals surface area contributed by atoms with Crippen molar-refractivity contribution in [1.29, 1.82) is 0 Å².